The van der Waals surface area contributed by atoms with Crippen LogP contribution >= 0.6 is 22.7 Å². The highest BCUT2D eigenvalue weighted by atomic mass is 32.1. The normalized spacial score (nSPS) is 17.4. The minimum absolute atomic E-state index is 0.0976. The van der Waals surface area contributed by atoms with Crippen LogP contribution in [0.25, 0.3) is 0 Å². The van der Waals surface area contributed by atoms with Crippen molar-refractivity contribution in [2.24, 2.45) is 16.3 Å². The molecule has 3 rings (SSSR count). The van der Waals surface area contributed by atoms with E-state index >= 15 is 0 Å². The maximum atomic E-state index is 10.8. The molecule has 0 saturated carbocycles. The SMILES string of the molecule is CC(C)(C)[C@@H]1CCc2c(sc(N=Cc3ccc([N+](=O)[O-])s3)c2C#N)C1. The quantitative estimate of drug-likeness (QED) is 0.405. The summed E-state index contributed by atoms with van der Waals surface area (Å²) in [6, 6.07) is 5.47. The number of aliphatic imine (C=N–C) groups is 1. The Balaban J connectivity index is 1.88. The zero-order chi connectivity index (χ0) is 18.2. The zero-order valence-electron chi connectivity index (χ0n) is 14.4. The van der Waals surface area contributed by atoms with Gasteiger partial charge in [0.2, 0.25) is 0 Å². The third-order valence-electron chi connectivity index (χ3n) is 4.68. The summed E-state index contributed by atoms with van der Waals surface area (Å²) in [5.74, 6) is 0.613. The van der Waals surface area contributed by atoms with Gasteiger partial charge >= 0.3 is 5.00 Å². The first-order valence-corrected chi connectivity index (χ1v) is 9.76. The van der Waals surface area contributed by atoms with Gasteiger partial charge in [-0.15, -0.1) is 11.3 Å². The Morgan fingerprint density at radius 3 is 2.76 bits per heavy atom. The lowest BCUT2D eigenvalue weighted by Gasteiger charge is -2.33. The van der Waals surface area contributed by atoms with Crippen LogP contribution in [-0.2, 0) is 12.8 Å². The monoisotopic (exact) mass is 373 g/mol. The minimum atomic E-state index is -0.404. The highest BCUT2D eigenvalue weighted by molar-refractivity contribution is 7.17. The number of hydrogen-bond acceptors (Lipinski definition) is 6. The fraction of sp³-hybridized carbons (Fsp3) is 0.444. The average Bonchev–Trinajstić information content (AvgIpc) is 3.15. The minimum Gasteiger partial charge on any atom is -0.258 e. The summed E-state index contributed by atoms with van der Waals surface area (Å²) >= 11 is 2.67. The summed E-state index contributed by atoms with van der Waals surface area (Å²) in [5, 5.41) is 21.1. The molecule has 0 saturated heterocycles. The first kappa shape index (κ1) is 17.8. The molecule has 25 heavy (non-hydrogen) atoms. The predicted octanol–water partition coefficient (Wildman–Crippen LogP) is 5.49. The van der Waals surface area contributed by atoms with Crippen LogP contribution < -0.4 is 0 Å². The van der Waals surface area contributed by atoms with Crippen molar-refractivity contribution >= 4 is 38.9 Å². The molecule has 0 bridgehead atoms. The van der Waals surface area contributed by atoms with Gasteiger partial charge in [0.25, 0.3) is 0 Å². The number of fused-ring (bicyclic) bond motifs is 1. The van der Waals surface area contributed by atoms with E-state index < -0.39 is 4.92 Å². The van der Waals surface area contributed by atoms with E-state index in [1.54, 1.807) is 23.6 Å². The van der Waals surface area contributed by atoms with E-state index in [-0.39, 0.29) is 10.4 Å². The van der Waals surface area contributed by atoms with Gasteiger partial charge in [0.1, 0.15) is 11.1 Å². The van der Waals surface area contributed by atoms with Crippen LogP contribution in [0.15, 0.2) is 17.1 Å². The fourth-order valence-corrected chi connectivity index (χ4v) is 5.06. The van der Waals surface area contributed by atoms with Gasteiger partial charge in [-0.2, -0.15) is 5.26 Å². The lowest BCUT2D eigenvalue weighted by atomic mass is 9.72. The highest BCUT2D eigenvalue weighted by Gasteiger charge is 2.32. The molecular weight excluding hydrogens is 354 g/mol. The summed E-state index contributed by atoms with van der Waals surface area (Å²) in [4.78, 5) is 16.8. The Morgan fingerprint density at radius 1 is 1.40 bits per heavy atom. The summed E-state index contributed by atoms with van der Waals surface area (Å²) in [5.41, 5.74) is 2.08. The van der Waals surface area contributed by atoms with Crippen molar-refractivity contribution in [1.82, 2.24) is 0 Å². The molecule has 0 spiro atoms. The van der Waals surface area contributed by atoms with Crippen molar-refractivity contribution in [2.45, 2.75) is 40.0 Å². The molecular formula is C18H19N3O2S2. The van der Waals surface area contributed by atoms with Crippen molar-refractivity contribution in [2.75, 3.05) is 0 Å². The van der Waals surface area contributed by atoms with Gasteiger partial charge in [0.15, 0.2) is 0 Å². The average molecular weight is 374 g/mol. The molecule has 0 radical (unpaired) electrons. The van der Waals surface area contributed by atoms with Gasteiger partial charge in [-0.25, -0.2) is 4.99 Å². The van der Waals surface area contributed by atoms with Gasteiger partial charge in [0.05, 0.1) is 15.4 Å². The highest BCUT2D eigenvalue weighted by Crippen LogP contribution is 2.44. The number of thiophene rings is 2. The van der Waals surface area contributed by atoms with Crippen LogP contribution in [0, 0.1) is 32.8 Å². The van der Waals surface area contributed by atoms with E-state index in [0.717, 1.165) is 46.0 Å². The van der Waals surface area contributed by atoms with Crippen LogP contribution in [0.5, 0.6) is 0 Å². The maximum absolute atomic E-state index is 10.8. The molecule has 0 aliphatic heterocycles. The fourth-order valence-electron chi connectivity index (χ4n) is 3.15. The lowest BCUT2D eigenvalue weighted by molar-refractivity contribution is -0.380. The van der Waals surface area contributed by atoms with E-state index in [1.165, 1.54) is 10.9 Å². The maximum Gasteiger partial charge on any atom is 0.324 e. The molecule has 0 amide bonds. The second kappa shape index (κ2) is 6.70. The number of nitrogens with zero attached hydrogens (tertiary/aromatic N) is 3. The Kier molecular flexibility index (Phi) is 4.76. The summed E-state index contributed by atoms with van der Waals surface area (Å²) in [6.45, 7) is 6.80. The van der Waals surface area contributed by atoms with Gasteiger partial charge in [-0.05, 0) is 42.2 Å². The Hall–Kier alpha value is -2.04. The molecule has 2 aromatic heterocycles. The van der Waals surface area contributed by atoms with E-state index in [9.17, 15) is 15.4 Å². The standard InChI is InChI=1S/C18H19N3O2S2/c1-18(2,3)11-4-6-13-14(9-19)17(25-15(13)8-11)20-10-12-5-7-16(24-12)21(22)23/h5,7,10-11H,4,6,8H2,1-3H3/t11-/m1/s1. The van der Waals surface area contributed by atoms with Crippen LogP contribution in [-0.4, -0.2) is 11.1 Å². The predicted molar refractivity (Wildman–Crippen MR) is 102 cm³/mol. The topological polar surface area (TPSA) is 79.3 Å². The van der Waals surface area contributed by atoms with Crippen LogP contribution in [0.4, 0.5) is 10.0 Å². The Morgan fingerprint density at radius 2 is 2.16 bits per heavy atom. The largest absolute Gasteiger partial charge is 0.324 e. The van der Waals surface area contributed by atoms with E-state index in [0.29, 0.717) is 11.5 Å². The molecule has 1 aliphatic rings. The number of rotatable bonds is 3. The first-order valence-electron chi connectivity index (χ1n) is 8.12. The van der Waals surface area contributed by atoms with Crippen molar-refractivity contribution in [1.29, 1.82) is 5.26 Å². The van der Waals surface area contributed by atoms with Crippen molar-refractivity contribution < 1.29 is 4.92 Å². The third-order valence-corrected chi connectivity index (χ3v) is 6.82. The molecule has 2 heterocycles. The van der Waals surface area contributed by atoms with Gasteiger partial charge in [-0.1, -0.05) is 32.1 Å². The summed E-state index contributed by atoms with van der Waals surface area (Å²) in [6.07, 6.45) is 4.65. The third kappa shape index (κ3) is 3.65. The number of hydrogen-bond donors (Lipinski definition) is 0. The van der Waals surface area contributed by atoms with Crippen LogP contribution in [0.1, 0.15) is 48.1 Å². The zero-order valence-corrected chi connectivity index (χ0v) is 16.0. The molecule has 0 N–H and O–H groups in total. The number of nitro groups is 1. The van der Waals surface area contributed by atoms with Crippen molar-refractivity contribution in [3.8, 4) is 6.07 Å². The van der Waals surface area contributed by atoms with E-state index in [4.69, 9.17) is 0 Å². The van der Waals surface area contributed by atoms with Crippen molar-refractivity contribution in [3.05, 3.63) is 43.1 Å². The molecule has 1 aliphatic carbocycles. The molecule has 7 heteroatoms. The second-order valence-corrected chi connectivity index (χ2v) is 9.47. The molecule has 0 fully saturated rings. The molecule has 130 valence electrons. The second-order valence-electron chi connectivity index (χ2n) is 7.29. The Labute approximate surface area is 154 Å². The van der Waals surface area contributed by atoms with Crippen LogP contribution in [0.2, 0.25) is 0 Å². The molecule has 0 aromatic carbocycles. The van der Waals surface area contributed by atoms with Gasteiger partial charge < -0.3 is 0 Å². The molecule has 5 nitrogen and oxygen atoms in total. The Bertz CT molecular complexity index is 881. The lowest BCUT2D eigenvalue weighted by Crippen LogP contribution is -2.26. The van der Waals surface area contributed by atoms with Crippen molar-refractivity contribution in [3.63, 3.8) is 0 Å². The van der Waals surface area contributed by atoms with Gasteiger partial charge in [0, 0.05) is 17.2 Å². The number of nitriles is 1. The summed E-state index contributed by atoms with van der Waals surface area (Å²) in [7, 11) is 0. The van der Waals surface area contributed by atoms with Gasteiger partial charge in [-0.3, -0.25) is 10.1 Å². The molecule has 1 atom stereocenters. The van der Waals surface area contributed by atoms with Crippen LogP contribution in [0.3, 0.4) is 0 Å². The smallest absolute Gasteiger partial charge is 0.258 e. The first-order chi connectivity index (χ1) is 11.8. The summed E-state index contributed by atoms with van der Waals surface area (Å²) < 4.78 is 0. The van der Waals surface area contributed by atoms with E-state index in [2.05, 4.69) is 31.8 Å². The van der Waals surface area contributed by atoms with E-state index in [1.807, 2.05) is 0 Å². The molecule has 0 unspecified atom stereocenters. The molecule has 2 aromatic rings.